The lowest BCUT2D eigenvalue weighted by atomic mass is 9.97. The Morgan fingerprint density at radius 3 is 2.39 bits per heavy atom. The molecular weight excluding hydrogens is 292 g/mol. The van der Waals surface area contributed by atoms with Crippen LogP contribution >= 0.6 is 0 Å². The van der Waals surface area contributed by atoms with Gasteiger partial charge in [0.25, 0.3) is 0 Å². The van der Waals surface area contributed by atoms with Crippen LogP contribution in [0.3, 0.4) is 0 Å². The van der Waals surface area contributed by atoms with Gasteiger partial charge in [-0.15, -0.1) is 0 Å². The second-order valence-corrected chi connectivity index (χ2v) is 5.39. The van der Waals surface area contributed by atoms with Crippen molar-refractivity contribution >= 4 is 5.69 Å². The third-order valence-corrected chi connectivity index (χ3v) is 3.85. The van der Waals surface area contributed by atoms with Crippen molar-refractivity contribution in [2.75, 3.05) is 24.6 Å². The largest absolute Gasteiger partial charge is 0.494 e. The number of ether oxygens (including phenoxy) is 1. The Labute approximate surface area is 135 Å². The molecule has 0 amide bonds. The summed E-state index contributed by atoms with van der Waals surface area (Å²) >= 11 is 0. The van der Waals surface area contributed by atoms with Crippen molar-refractivity contribution in [3.05, 3.63) is 88.3 Å². The number of para-hydroxylation sites is 1. The van der Waals surface area contributed by atoms with Gasteiger partial charge in [0.05, 0.1) is 6.54 Å². The van der Waals surface area contributed by atoms with Crippen molar-refractivity contribution in [2.24, 2.45) is 0 Å². The number of anilines is 1. The second-order valence-electron chi connectivity index (χ2n) is 5.39. The van der Waals surface area contributed by atoms with Gasteiger partial charge in [0.2, 0.25) is 6.54 Å². The van der Waals surface area contributed by atoms with Gasteiger partial charge in [0.15, 0.2) is 0 Å². The zero-order valence-corrected chi connectivity index (χ0v) is 12.7. The molecule has 0 bridgehead atoms. The monoisotopic (exact) mass is 310 g/mol. The minimum atomic E-state index is -0.377. The third kappa shape index (κ3) is 3.69. The molecule has 1 unspecified atom stereocenters. The lowest BCUT2D eigenvalue weighted by molar-refractivity contribution is -0.482. The molecule has 1 atom stereocenters. The van der Waals surface area contributed by atoms with E-state index in [4.69, 9.17) is 4.74 Å². The van der Waals surface area contributed by atoms with Gasteiger partial charge in [-0.3, -0.25) is 10.1 Å². The number of benzene rings is 2. The summed E-state index contributed by atoms with van der Waals surface area (Å²) in [5.74, 6) is 0.265. The molecule has 3 rings (SSSR count). The molecule has 23 heavy (non-hydrogen) atoms. The zero-order chi connectivity index (χ0) is 16.1. The molecule has 1 heterocycles. The van der Waals surface area contributed by atoms with Crippen LogP contribution in [-0.2, 0) is 4.74 Å². The minimum Gasteiger partial charge on any atom is -0.494 e. The Morgan fingerprint density at radius 2 is 1.74 bits per heavy atom. The molecule has 2 aromatic rings. The summed E-state index contributed by atoms with van der Waals surface area (Å²) < 4.78 is 5.76. The van der Waals surface area contributed by atoms with Crippen LogP contribution in [0, 0.1) is 10.1 Å². The van der Waals surface area contributed by atoms with E-state index in [9.17, 15) is 10.1 Å². The van der Waals surface area contributed by atoms with Crippen molar-refractivity contribution in [1.29, 1.82) is 0 Å². The summed E-state index contributed by atoms with van der Waals surface area (Å²) in [6, 6.07) is 19.4. The molecule has 5 nitrogen and oxygen atoms in total. The van der Waals surface area contributed by atoms with Crippen LogP contribution in [0.4, 0.5) is 5.69 Å². The van der Waals surface area contributed by atoms with Gasteiger partial charge < -0.3 is 9.64 Å². The van der Waals surface area contributed by atoms with Crippen molar-refractivity contribution in [1.82, 2.24) is 0 Å². The number of nitro groups is 1. The molecule has 0 saturated carbocycles. The summed E-state index contributed by atoms with van der Waals surface area (Å²) in [7, 11) is 0. The van der Waals surface area contributed by atoms with E-state index in [0.29, 0.717) is 12.4 Å². The minimum absolute atomic E-state index is 0.182. The second kappa shape index (κ2) is 6.96. The molecule has 0 fully saturated rings. The van der Waals surface area contributed by atoms with E-state index >= 15 is 0 Å². The Bertz CT molecular complexity index is 686. The first-order valence-corrected chi connectivity index (χ1v) is 7.57. The smallest absolute Gasteiger partial charge is 0.217 e. The number of rotatable bonds is 5. The standard InChI is InChI=1S/C18H18N2O3/c21-20(22)13-17(15-7-3-1-4-8-15)18-14-19(11-12-23-18)16-9-5-2-6-10-16/h1-10,14,17H,11-13H2. The van der Waals surface area contributed by atoms with Crippen LogP contribution in [0.1, 0.15) is 11.5 Å². The maximum absolute atomic E-state index is 11.1. The molecule has 2 aromatic carbocycles. The first kappa shape index (κ1) is 15.1. The Kier molecular flexibility index (Phi) is 4.57. The fraction of sp³-hybridized carbons (Fsp3) is 0.222. The van der Waals surface area contributed by atoms with E-state index in [2.05, 4.69) is 4.90 Å². The third-order valence-electron chi connectivity index (χ3n) is 3.85. The zero-order valence-electron chi connectivity index (χ0n) is 12.7. The summed E-state index contributed by atoms with van der Waals surface area (Å²) in [5, 5.41) is 11.1. The molecule has 1 aliphatic rings. The van der Waals surface area contributed by atoms with Crippen LogP contribution in [-0.4, -0.2) is 24.6 Å². The maximum Gasteiger partial charge on any atom is 0.217 e. The lowest BCUT2D eigenvalue weighted by Crippen LogP contribution is -2.30. The lowest BCUT2D eigenvalue weighted by Gasteiger charge is -2.29. The highest BCUT2D eigenvalue weighted by atomic mass is 16.6. The van der Waals surface area contributed by atoms with Crippen LogP contribution in [0.5, 0.6) is 0 Å². The molecule has 0 aliphatic carbocycles. The topological polar surface area (TPSA) is 55.6 Å². The molecule has 118 valence electrons. The van der Waals surface area contributed by atoms with Crippen LogP contribution in [0.2, 0.25) is 0 Å². The summed E-state index contributed by atoms with van der Waals surface area (Å²) in [6.45, 7) is 1.06. The first-order chi connectivity index (χ1) is 11.2. The van der Waals surface area contributed by atoms with Crippen molar-refractivity contribution in [3.8, 4) is 0 Å². The summed E-state index contributed by atoms with van der Waals surface area (Å²) in [6.07, 6.45) is 1.89. The van der Waals surface area contributed by atoms with Gasteiger partial charge in [-0.25, -0.2) is 0 Å². The van der Waals surface area contributed by atoms with Gasteiger partial charge >= 0.3 is 0 Å². The molecule has 0 spiro atoms. The normalized spacial score (nSPS) is 15.5. The van der Waals surface area contributed by atoms with Crippen LogP contribution in [0.15, 0.2) is 72.6 Å². The average molecular weight is 310 g/mol. The molecule has 0 radical (unpaired) electrons. The van der Waals surface area contributed by atoms with E-state index < -0.39 is 0 Å². The molecule has 0 saturated heterocycles. The molecule has 1 aliphatic heterocycles. The first-order valence-electron chi connectivity index (χ1n) is 7.57. The Morgan fingerprint density at radius 1 is 1.09 bits per heavy atom. The van der Waals surface area contributed by atoms with Crippen LogP contribution in [0.25, 0.3) is 0 Å². The van der Waals surface area contributed by atoms with Gasteiger partial charge in [-0.1, -0.05) is 48.5 Å². The van der Waals surface area contributed by atoms with E-state index in [-0.39, 0.29) is 17.4 Å². The molecule has 5 heteroatoms. The predicted octanol–water partition coefficient (Wildman–Crippen LogP) is 3.43. The Hall–Kier alpha value is -2.82. The summed E-state index contributed by atoms with van der Waals surface area (Å²) in [4.78, 5) is 12.9. The van der Waals surface area contributed by atoms with E-state index in [1.54, 1.807) is 0 Å². The van der Waals surface area contributed by atoms with Gasteiger partial charge in [0, 0.05) is 16.8 Å². The van der Waals surface area contributed by atoms with Gasteiger partial charge in [0.1, 0.15) is 18.3 Å². The van der Waals surface area contributed by atoms with Gasteiger partial charge in [-0.05, 0) is 17.7 Å². The van der Waals surface area contributed by atoms with Gasteiger partial charge in [-0.2, -0.15) is 0 Å². The number of hydrogen-bond donors (Lipinski definition) is 0. The van der Waals surface area contributed by atoms with E-state index in [1.165, 1.54) is 0 Å². The van der Waals surface area contributed by atoms with E-state index in [1.807, 2.05) is 66.9 Å². The maximum atomic E-state index is 11.1. The highest BCUT2D eigenvalue weighted by molar-refractivity contribution is 5.50. The molecular formula is C18H18N2O3. The fourth-order valence-corrected chi connectivity index (χ4v) is 2.72. The summed E-state index contributed by atoms with van der Waals surface area (Å²) in [5.41, 5.74) is 1.95. The van der Waals surface area contributed by atoms with Crippen molar-refractivity contribution < 1.29 is 9.66 Å². The highest BCUT2D eigenvalue weighted by Crippen LogP contribution is 2.29. The van der Waals surface area contributed by atoms with Crippen LogP contribution < -0.4 is 4.90 Å². The average Bonchev–Trinajstić information content (AvgIpc) is 2.61. The quantitative estimate of drug-likeness (QED) is 0.627. The molecule has 0 N–H and O–H groups in total. The van der Waals surface area contributed by atoms with Crippen molar-refractivity contribution in [2.45, 2.75) is 5.92 Å². The molecule has 0 aromatic heterocycles. The van der Waals surface area contributed by atoms with E-state index in [0.717, 1.165) is 17.8 Å². The Balaban J connectivity index is 1.92. The number of hydrogen-bond acceptors (Lipinski definition) is 4. The number of nitrogens with zero attached hydrogens (tertiary/aromatic N) is 2. The highest BCUT2D eigenvalue weighted by Gasteiger charge is 2.27. The fourth-order valence-electron chi connectivity index (χ4n) is 2.72. The SMILES string of the molecule is O=[N+]([O-])CC(C1=CN(c2ccccc2)CCO1)c1ccccc1. The van der Waals surface area contributed by atoms with Crippen molar-refractivity contribution in [3.63, 3.8) is 0 Å². The predicted molar refractivity (Wildman–Crippen MR) is 88.9 cm³/mol.